The summed E-state index contributed by atoms with van der Waals surface area (Å²) < 4.78 is 0. The molecule has 3 nitrogen and oxygen atoms in total. The standard InChI is InChI=1S/C10H11BrClNO2/c1-13(5-4-11)10(15)8-3-2-7(12)6-9(8)14/h2-3,6,14H,4-5H2,1H3. The first-order valence-corrected chi connectivity index (χ1v) is 5.86. The van der Waals surface area contributed by atoms with Crippen molar-refractivity contribution in [2.75, 3.05) is 18.9 Å². The summed E-state index contributed by atoms with van der Waals surface area (Å²) in [5, 5.41) is 10.6. The van der Waals surface area contributed by atoms with E-state index in [9.17, 15) is 9.90 Å². The van der Waals surface area contributed by atoms with Gasteiger partial charge in [-0.2, -0.15) is 0 Å². The van der Waals surface area contributed by atoms with E-state index in [0.717, 1.165) is 0 Å². The number of hydrogen-bond donors (Lipinski definition) is 1. The summed E-state index contributed by atoms with van der Waals surface area (Å²) in [5.74, 6) is -0.308. The van der Waals surface area contributed by atoms with Gasteiger partial charge in [-0.1, -0.05) is 27.5 Å². The van der Waals surface area contributed by atoms with Crippen molar-refractivity contribution in [3.05, 3.63) is 28.8 Å². The van der Waals surface area contributed by atoms with Crippen LogP contribution in [0.1, 0.15) is 10.4 Å². The van der Waals surface area contributed by atoms with Crippen molar-refractivity contribution in [3.63, 3.8) is 0 Å². The molecule has 0 aromatic heterocycles. The van der Waals surface area contributed by atoms with Crippen LogP contribution >= 0.6 is 27.5 Å². The highest BCUT2D eigenvalue weighted by atomic mass is 79.9. The summed E-state index contributed by atoms with van der Waals surface area (Å²) in [7, 11) is 1.68. The van der Waals surface area contributed by atoms with E-state index in [0.29, 0.717) is 16.9 Å². The molecule has 1 rings (SSSR count). The lowest BCUT2D eigenvalue weighted by molar-refractivity contribution is 0.0801. The highest BCUT2D eigenvalue weighted by Gasteiger charge is 2.15. The fourth-order valence-corrected chi connectivity index (χ4v) is 1.82. The Labute approximate surface area is 102 Å². The minimum absolute atomic E-state index is 0.0890. The van der Waals surface area contributed by atoms with Gasteiger partial charge in [0.2, 0.25) is 0 Å². The number of aromatic hydroxyl groups is 1. The number of amides is 1. The lowest BCUT2D eigenvalue weighted by Crippen LogP contribution is -2.28. The minimum Gasteiger partial charge on any atom is -0.507 e. The molecule has 0 aliphatic heterocycles. The molecule has 0 saturated heterocycles. The maximum absolute atomic E-state index is 11.8. The van der Waals surface area contributed by atoms with Gasteiger partial charge in [0.15, 0.2) is 0 Å². The molecule has 0 aliphatic carbocycles. The van der Waals surface area contributed by atoms with Gasteiger partial charge in [-0.15, -0.1) is 0 Å². The lowest BCUT2D eigenvalue weighted by Gasteiger charge is -2.16. The zero-order valence-electron chi connectivity index (χ0n) is 8.20. The highest BCUT2D eigenvalue weighted by Crippen LogP contribution is 2.22. The topological polar surface area (TPSA) is 40.5 Å². The number of alkyl halides is 1. The van der Waals surface area contributed by atoms with E-state index in [1.54, 1.807) is 13.1 Å². The third-order valence-corrected chi connectivity index (χ3v) is 2.55. The number of hydrogen-bond acceptors (Lipinski definition) is 2. The summed E-state index contributed by atoms with van der Waals surface area (Å²) >= 11 is 8.91. The molecular weight excluding hydrogens is 281 g/mol. The molecule has 0 bridgehead atoms. The number of halogens is 2. The van der Waals surface area contributed by atoms with Gasteiger partial charge < -0.3 is 10.0 Å². The van der Waals surface area contributed by atoms with E-state index in [1.807, 2.05) is 0 Å². The normalized spacial score (nSPS) is 10.1. The smallest absolute Gasteiger partial charge is 0.257 e. The predicted molar refractivity (Wildman–Crippen MR) is 63.9 cm³/mol. The van der Waals surface area contributed by atoms with Crippen LogP contribution in [0.2, 0.25) is 5.02 Å². The maximum Gasteiger partial charge on any atom is 0.257 e. The number of nitrogens with zero attached hydrogens (tertiary/aromatic N) is 1. The van der Waals surface area contributed by atoms with Gasteiger partial charge in [0, 0.05) is 23.9 Å². The van der Waals surface area contributed by atoms with E-state index >= 15 is 0 Å². The second-order valence-electron chi connectivity index (χ2n) is 3.08. The third kappa shape index (κ3) is 3.11. The van der Waals surface area contributed by atoms with Crippen LogP contribution in [0.15, 0.2) is 18.2 Å². The van der Waals surface area contributed by atoms with Gasteiger partial charge in [0.05, 0.1) is 5.56 Å². The van der Waals surface area contributed by atoms with Gasteiger partial charge in [-0.25, -0.2) is 0 Å². The Kier molecular flexibility index (Phi) is 4.42. The monoisotopic (exact) mass is 291 g/mol. The van der Waals surface area contributed by atoms with Crippen LogP contribution in [0, 0.1) is 0 Å². The molecule has 1 amide bonds. The first-order valence-electron chi connectivity index (χ1n) is 4.36. The fraction of sp³-hybridized carbons (Fsp3) is 0.300. The van der Waals surface area contributed by atoms with Crippen LogP contribution in [0.4, 0.5) is 0 Å². The Bertz CT molecular complexity index is 370. The average Bonchev–Trinajstić information content (AvgIpc) is 2.17. The Balaban J connectivity index is 2.91. The molecule has 0 heterocycles. The quantitative estimate of drug-likeness (QED) is 0.870. The van der Waals surface area contributed by atoms with Gasteiger partial charge in [-0.3, -0.25) is 4.79 Å². The van der Waals surface area contributed by atoms with Crippen LogP contribution in [-0.4, -0.2) is 34.8 Å². The molecule has 0 fully saturated rings. The first-order chi connectivity index (χ1) is 7.06. The van der Waals surface area contributed by atoms with Crippen molar-refractivity contribution < 1.29 is 9.90 Å². The van der Waals surface area contributed by atoms with Gasteiger partial charge in [-0.05, 0) is 18.2 Å². The lowest BCUT2D eigenvalue weighted by atomic mass is 10.2. The first kappa shape index (κ1) is 12.3. The van der Waals surface area contributed by atoms with Crippen molar-refractivity contribution in [2.24, 2.45) is 0 Å². The fourth-order valence-electron chi connectivity index (χ4n) is 1.12. The Morgan fingerprint density at radius 3 is 2.80 bits per heavy atom. The second-order valence-corrected chi connectivity index (χ2v) is 4.31. The van der Waals surface area contributed by atoms with Crippen LogP contribution in [0.3, 0.4) is 0 Å². The average molecular weight is 293 g/mol. The molecule has 1 aromatic rings. The molecule has 0 radical (unpaired) electrons. The molecule has 0 unspecified atom stereocenters. The Hall–Kier alpha value is -0.740. The molecule has 0 atom stereocenters. The third-order valence-electron chi connectivity index (χ3n) is 1.96. The van der Waals surface area contributed by atoms with E-state index in [2.05, 4.69) is 15.9 Å². The molecule has 0 spiro atoms. The zero-order chi connectivity index (χ0) is 11.4. The minimum atomic E-state index is -0.219. The number of rotatable bonds is 3. The summed E-state index contributed by atoms with van der Waals surface area (Å²) in [4.78, 5) is 13.3. The second kappa shape index (κ2) is 5.37. The van der Waals surface area contributed by atoms with Gasteiger partial charge in [0.25, 0.3) is 5.91 Å². The number of phenols is 1. The molecule has 1 N–H and O–H groups in total. The molecule has 0 aliphatic rings. The van der Waals surface area contributed by atoms with E-state index in [4.69, 9.17) is 11.6 Å². The maximum atomic E-state index is 11.8. The van der Waals surface area contributed by atoms with Crippen LogP contribution in [0.5, 0.6) is 5.75 Å². The largest absolute Gasteiger partial charge is 0.507 e. The van der Waals surface area contributed by atoms with Crippen LogP contribution in [0.25, 0.3) is 0 Å². The molecule has 82 valence electrons. The Morgan fingerprint density at radius 1 is 1.60 bits per heavy atom. The predicted octanol–water partition coefficient (Wildman–Crippen LogP) is 2.51. The summed E-state index contributed by atoms with van der Waals surface area (Å²) in [6, 6.07) is 4.46. The zero-order valence-corrected chi connectivity index (χ0v) is 10.5. The van der Waals surface area contributed by atoms with Gasteiger partial charge >= 0.3 is 0 Å². The molecular formula is C10H11BrClNO2. The molecule has 15 heavy (non-hydrogen) atoms. The molecule has 5 heteroatoms. The van der Waals surface area contributed by atoms with E-state index in [-0.39, 0.29) is 17.2 Å². The SMILES string of the molecule is CN(CCBr)C(=O)c1ccc(Cl)cc1O. The highest BCUT2D eigenvalue weighted by molar-refractivity contribution is 9.09. The van der Waals surface area contributed by atoms with Crippen LogP contribution in [-0.2, 0) is 0 Å². The number of carbonyl (C=O) groups is 1. The summed E-state index contributed by atoms with van der Waals surface area (Å²) in [6.45, 7) is 0.584. The van der Waals surface area contributed by atoms with Crippen molar-refractivity contribution in [3.8, 4) is 5.75 Å². The molecule has 1 aromatic carbocycles. The van der Waals surface area contributed by atoms with E-state index < -0.39 is 0 Å². The molecule has 0 saturated carbocycles. The summed E-state index contributed by atoms with van der Waals surface area (Å²) in [6.07, 6.45) is 0. The van der Waals surface area contributed by atoms with Crippen LogP contribution < -0.4 is 0 Å². The van der Waals surface area contributed by atoms with E-state index in [1.165, 1.54) is 17.0 Å². The van der Waals surface area contributed by atoms with Crippen molar-refractivity contribution >= 4 is 33.4 Å². The van der Waals surface area contributed by atoms with Crippen molar-refractivity contribution in [1.82, 2.24) is 4.90 Å². The van der Waals surface area contributed by atoms with Gasteiger partial charge in [0.1, 0.15) is 5.75 Å². The number of benzene rings is 1. The number of phenolic OH excluding ortho intramolecular Hbond substituents is 1. The van der Waals surface area contributed by atoms with Crippen molar-refractivity contribution in [1.29, 1.82) is 0 Å². The Morgan fingerprint density at radius 2 is 2.27 bits per heavy atom. The number of carbonyl (C=O) groups excluding carboxylic acids is 1. The summed E-state index contributed by atoms with van der Waals surface area (Å²) in [5.41, 5.74) is 0.267. The van der Waals surface area contributed by atoms with Crippen molar-refractivity contribution in [2.45, 2.75) is 0 Å².